The van der Waals surface area contributed by atoms with E-state index in [1.165, 1.54) is 22.4 Å². The summed E-state index contributed by atoms with van der Waals surface area (Å²) in [5.74, 6) is 0. The Balaban J connectivity index is 1.65. The molecule has 0 amide bonds. The molecule has 1 aromatic heterocycles. The number of anilines is 1. The van der Waals surface area contributed by atoms with Crippen LogP contribution in [0.1, 0.15) is 29.3 Å². The van der Waals surface area contributed by atoms with Gasteiger partial charge in [-0.25, -0.2) is 4.98 Å². The van der Waals surface area contributed by atoms with Gasteiger partial charge >= 0.3 is 0 Å². The van der Waals surface area contributed by atoms with Gasteiger partial charge in [-0.2, -0.15) is 0 Å². The van der Waals surface area contributed by atoms with Crippen LogP contribution in [0, 0.1) is 0 Å². The van der Waals surface area contributed by atoms with Gasteiger partial charge in [0.2, 0.25) is 0 Å². The summed E-state index contributed by atoms with van der Waals surface area (Å²) < 4.78 is 0. The third kappa shape index (κ3) is 2.80. The number of nitrogens with one attached hydrogen (secondary N) is 1. The predicted molar refractivity (Wildman–Crippen MR) is 80.4 cm³/mol. The van der Waals surface area contributed by atoms with Crippen molar-refractivity contribution in [2.24, 2.45) is 0 Å². The summed E-state index contributed by atoms with van der Waals surface area (Å²) in [5.41, 5.74) is 2.87. The minimum absolute atomic E-state index is 0.937. The first-order valence-electron chi connectivity index (χ1n) is 6.84. The van der Waals surface area contributed by atoms with Crippen molar-refractivity contribution in [2.45, 2.75) is 33.0 Å². The van der Waals surface area contributed by atoms with Crippen molar-refractivity contribution in [3.8, 4) is 0 Å². The number of fused-ring (bicyclic) bond motifs is 1. The van der Waals surface area contributed by atoms with Crippen molar-refractivity contribution in [3.05, 3.63) is 46.5 Å². The van der Waals surface area contributed by atoms with Gasteiger partial charge in [0.15, 0.2) is 5.13 Å². The Kier molecular flexibility index (Phi) is 3.80. The Bertz CT molecular complexity index is 525. The minimum atomic E-state index is 0.937. The van der Waals surface area contributed by atoms with Gasteiger partial charge in [0.05, 0.1) is 0 Å². The maximum Gasteiger partial charge on any atom is 0.186 e. The van der Waals surface area contributed by atoms with E-state index in [1.807, 2.05) is 6.20 Å². The third-order valence-corrected chi connectivity index (χ3v) is 4.44. The quantitative estimate of drug-likeness (QED) is 0.848. The van der Waals surface area contributed by atoms with Gasteiger partial charge in [-0.1, -0.05) is 31.2 Å². The summed E-state index contributed by atoms with van der Waals surface area (Å²) in [7, 11) is 0. The van der Waals surface area contributed by atoms with Gasteiger partial charge < -0.3 is 10.2 Å². The maximum atomic E-state index is 4.56. The van der Waals surface area contributed by atoms with Crippen LogP contribution < -0.4 is 10.2 Å². The van der Waals surface area contributed by atoms with E-state index in [2.05, 4.69) is 46.4 Å². The molecule has 0 fully saturated rings. The maximum absolute atomic E-state index is 4.56. The highest BCUT2D eigenvalue weighted by molar-refractivity contribution is 7.15. The van der Waals surface area contributed by atoms with Crippen molar-refractivity contribution in [2.75, 3.05) is 11.4 Å². The van der Waals surface area contributed by atoms with Crippen LogP contribution in [0.15, 0.2) is 30.5 Å². The molecule has 0 saturated heterocycles. The van der Waals surface area contributed by atoms with Gasteiger partial charge in [-0.05, 0) is 24.1 Å². The van der Waals surface area contributed by atoms with E-state index in [1.54, 1.807) is 11.3 Å². The highest BCUT2D eigenvalue weighted by Crippen LogP contribution is 2.30. The molecule has 3 nitrogen and oxygen atoms in total. The minimum Gasteiger partial charge on any atom is -0.339 e. The topological polar surface area (TPSA) is 28.2 Å². The van der Waals surface area contributed by atoms with Gasteiger partial charge in [0.1, 0.15) is 0 Å². The lowest BCUT2D eigenvalue weighted by atomic mass is 10.1. The Morgan fingerprint density at radius 2 is 2.00 bits per heavy atom. The molecule has 0 bridgehead atoms. The van der Waals surface area contributed by atoms with Crippen molar-refractivity contribution < 1.29 is 0 Å². The van der Waals surface area contributed by atoms with Crippen LogP contribution in [0.5, 0.6) is 0 Å². The molecule has 3 rings (SSSR count). The lowest BCUT2D eigenvalue weighted by molar-refractivity contribution is 0.681. The number of nitrogens with zero attached hydrogens (tertiary/aromatic N) is 2. The zero-order valence-corrected chi connectivity index (χ0v) is 12.0. The van der Waals surface area contributed by atoms with Crippen molar-refractivity contribution in [3.63, 3.8) is 0 Å². The van der Waals surface area contributed by atoms with Crippen molar-refractivity contribution in [1.29, 1.82) is 0 Å². The Morgan fingerprint density at radius 1 is 1.26 bits per heavy atom. The Labute approximate surface area is 118 Å². The highest BCUT2D eigenvalue weighted by Gasteiger charge is 2.20. The predicted octanol–water partition coefficient (Wildman–Crippen LogP) is 3.16. The summed E-state index contributed by atoms with van der Waals surface area (Å²) in [5, 5.41) is 4.57. The molecule has 4 heteroatoms. The molecule has 0 atom stereocenters. The van der Waals surface area contributed by atoms with Crippen molar-refractivity contribution >= 4 is 16.5 Å². The fourth-order valence-electron chi connectivity index (χ4n) is 2.38. The molecule has 0 spiro atoms. The third-order valence-electron chi connectivity index (χ3n) is 3.38. The second kappa shape index (κ2) is 5.72. The van der Waals surface area contributed by atoms with E-state index in [9.17, 15) is 0 Å². The van der Waals surface area contributed by atoms with Gasteiger partial charge in [0.25, 0.3) is 0 Å². The van der Waals surface area contributed by atoms with Crippen molar-refractivity contribution in [1.82, 2.24) is 10.3 Å². The number of hydrogen-bond donors (Lipinski definition) is 1. The molecular weight excluding hydrogens is 254 g/mol. The number of benzene rings is 1. The van der Waals surface area contributed by atoms with E-state index in [0.29, 0.717) is 0 Å². The average molecular weight is 273 g/mol. The molecule has 19 heavy (non-hydrogen) atoms. The van der Waals surface area contributed by atoms with Crippen LogP contribution in [0.4, 0.5) is 5.13 Å². The Morgan fingerprint density at radius 3 is 2.68 bits per heavy atom. The van der Waals surface area contributed by atoms with E-state index >= 15 is 0 Å². The fourth-order valence-corrected chi connectivity index (χ4v) is 3.26. The van der Waals surface area contributed by atoms with Gasteiger partial charge in [0, 0.05) is 30.7 Å². The molecule has 0 radical (unpaired) electrons. The number of thiazole rings is 1. The monoisotopic (exact) mass is 273 g/mol. The highest BCUT2D eigenvalue weighted by atomic mass is 32.1. The van der Waals surface area contributed by atoms with Crippen LogP contribution in [-0.4, -0.2) is 11.5 Å². The molecule has 1 aromatic carbocycles. The van der Waals surface area contributed by atoms with Gasteiger partial charge in [-0.15, -0.1) is 11.3 Å². The lowest BCUT2D eigenvalue weighted by Crippen LogP contribution is -2.14. The number of hydrogen-bond acceptors (Lipinski definition) is 4. The van der Waals surface area contributed by atoms with Crippen LogP contribution in [0.2, 0.25) is 0 Å². The van der Waals surface area contributed by atoms with Crippen LogP contribution in [0.25, 0.3) is 0 Å². The molecule has 1 N–H and O–H groups in total. The second-order valence-corrected chi connectivity index (χ2v) is 6.00. The van der Waals surface area contributed by atoms with Crippen LogP contribution in [0.3, 0.4) is 0 Å². The molecule has 100 valence electrons. The fraction of sp³-hybridized carbons (Fsp3) is 0.400. The first-order valence-corrected chi connectivity index (χ1v) is 7.65. The van der Waals surface area contributed by atoms with Crippen LogP contribution >= 0.6 is 11.3 Å². The van der Waals surface area contributed by atoms with E-state index in [4.69, 9.17) is 0 Å². The van der Waals surface area contributed by atoms with Crippen LogP contribution in [-0.2, 0) is 19.6 Å². The lowest BCUT2D eigenvalue weighted by Gasteiger charge is -2.12. The van der Waals surface area contributed by atoms with E-state index in [0.717, 1.165) is 31.3 Å². The van der Waals surface area contributed by atoms with Gasteiger partial charge in [-0.3, -0.25) is 0 Å². The molecule has 0 aliphatic carbocycles. The first-order chi connectivity index (χ1) is 9.36. The van der Waals surface area contributed by atoms with E-state index in [-0.39, 0.29) is 0 Å². The zero-order valence-electron chi connectivity index (χ0n) is 11.2. The molecule has 2 aromatic rings. The first kappa shape index (κ1) is 12.6. The average Bonchev–Trinajstić information content (AvgIpc) is 3.04. The summed E-state index contributed by atoms with van der Waals surface area (Å²) in [6.07, 6.45) is 3.18. The summed E-state index contributed by atoms with van der Waals surface area (Å²) in [6, 6.07) is 8.66. The summed E-state index contributed by atoms with van der Waals surface area (Å²) >= 11 is 1.80. The molecule has 2 heterocycles. The molecule has 1 aliphatic heterocycles. The summed E-state index contributed by atoms with van der Waals surface area (Å²) in [6.45, 7) is 6.18. The molecule has 0 unspecified atom stereocenters. The zero-order chi connectivity index (χ0) is 13.1. The van der Waals surface area contributed by atoms with E-state index < -0.39 is 0 Å². The normalized spacial score (nSPS) is 13.8. The molecule has 0 saturated carbocycles. The standard InChI is InChI=1S/C15H19N3S/c1-2-7-16-8-14-9-17-15(19-14)18-10-12-5-3-4-6-13(12)11-18/h3-6,9,16H,2,7-8,10-11H2,1H3. The molecule has 1 aliphatic rings. The number of aromatic nitrogens is 1. The Hall–Kier alpha value is -1.39. The SMILES string of the molecule is CCCNCc1cnc(N2Cc3ccccc3C2)s1. The number of rotatable bonds is 5. The largest absolute Gasteiger partial charge is 0.339 e. The smallest absolute Gasteiger partial charge is 0.186 e. The molecular formula is C15H19N3S. The summed E-state index contributed by atoms with van der Waals surface area (Å²) in [4.78, 5) is 8.24. The second-order valence-electron chi connectivity index (χ2n) is 4.91.